The third-order valence-electron chi connectivity index (χ3n) is 3.35. The molecule has 4 heteroatoms. The van der Waals surface area contributed by atoms with Crippen LogP contribution >= 0.6 is 11.6 Å². The number of rotatable bonds is 6. The lowest BCUT2D eigenvalue weighted by Crippen LogP contribution is -2.53. The van der Waals surface area contributed by atoms with Crippen molar-refractivity contribution in [2.45, 2.75) is 32.0 Å². The van der Waals surface area contributed by atoms with E-state index in [1.54, 1.807) is 0 Å². The van der Waals surface area contributed by atoms with Gasteiger partial charge >= 0.3 is 0 Å². The fourth-order valence-electron chi connectivity index (χ4n) is 2.66. The van der Waals surface area contributed by atoms with Gasteiger partial charge in [0, 0.05) is 25.5 Å². The van der Waals surface area contributed by atoms with Crippen molar-refractivity contribution in [1.82, 2.24) is 4.90 Å². The van der Waals surface area contributed by atoms with Crippen LogP contribution in [0.15, 0.2) is 30.3 Å². The summed E-state index contributed by atoms with van der Waals surface area (Å²) in [6, 6.07) is 9.95. The van der Waals surface area contributed by atoms with Crippen molar-refractivity contribution in [1.29, 1.82) is 0 Å². The van der Waals surface area contributed by atoms with Crippen LogP contribution in [0, 0.1) is 0 Å². The monoisotopic (exact) mass is 297 g/mol. The van der Waals surface area contributed by atoms with E-state index in [-0.39, 0.29) is 11.7 Å². The molecule has 0 aromatic heterocycles. The van der Waals surface area contributed by atoms with E-state index in [9.17, 15) is 0 Å². The van der Waals surface area contributed by atoms with Gasteiger partial charge < -0.3 is 9.47 Å². The number of halogens is 1. The summed E-state index contributed by atoms with van der Waals surface area (Å²) in [4.78, 5) is 2.42. The number of morpholine rings is 1. The molecule has 0 radical (unpaired) electrons. The molecule has 1 aromatic carbocycles. The topological polar surface area (TPSA) is 21.7 Å². The lowest BCUT2D eigenvalue weighted by molar-refractivity contribution is -0.127. The molecule has 1 unspecified atom stereocenters. The molecule has 1 heterocycles. The van der Waals surface area contributed by atoms with Gasteiger partial charge in [0.05, 0.1) is 18.3 Å². The summed E-state index contributed by atoms with van der Waals surface area (Å²) in [7, 11) is 0. The SMILES string of the molecule is CC1(C)CN(CCCOc2ccccc2)CC(CCl)O1. The van der Waals surface area contributed by atoms with Gasteiger partial charge in [-0.05, 0) is 32.4 Å². The zero-order valence-electron chi connectivity index (χ0n) is 12.3. The van der Waals surface area contributed by atoms with Crippen molar-refractivity contribution in [3.8, 4) is 5.75 Å². The first kappa shape index (κ1) is 15.6. The molecule has 0 N–H and O–H groups in total. The molecule has 1 aromatic rings. The lowest BCUT2D eigenvalue weighted by atomic mass is 10.1. The summed E-state index contributed by atoms with van der Waals surface area (Å²) in [5.74, 6) is 1.49. The first-order valence-electron chi connectivity index (χ1n) is 7.23. The Morgan fingerprint density at radius 3 is 2.80 bits per heavy atom. The van der Waals surface area contributed by atoms with Gasteiger partial charge in [-0.15, -0.1) is 11.6 Å². The van der Waals surface area contributed by atoms with Gasteiger partial charge in [0.15, 0.2) is 0 Å². The van der Waals surface area contributed by atoms with Crippen LogP contribution in [0.5, 0.6) is 5.75 Å². The second kappa shape index (κ2) is 7.30. The Morgan fingerprint density at radius 2 is 2.10 bits per heavy atom. The van der Waals surface area contributed by atoms with E-state index in [0.717, 1.165) is 38.4 Å². The normalized spacial score (nSPS) is 22.6. The molecule has 2 rings (SSSR count). The number of benzene rings is 1. The molecule has 1 saturated heterocycles. The summed E-state index contributed by atoms with van der Waals surface area (Å²) in [6.07, 6.45) is 1.15. The first-order chi connectivity index (χ1) is 9.59. The fraction of sp³-hybridized carbons (Fsp3) is 0.625. The summed E-state index contributed by atoms with van der Waals surface area (Å²) in [6.45, 7) is 7.88. The van der Waals surface area contributed by atoms with Gasteiger partial charge in [-0.2, -0.15) is 0 Å². The summed E-state index contributed by atoms with van der Waals surface area (Å²) < 4.78 is 11.6. The van der Waals surface area contributed by atoms with Gasteiger partial charge in [-0.1, -0.05) is 18.2 Å². The molecule has 1 aliphatic rings. The van der Waals surface area contributed by atoms with Gasteiger partial charge in [-0.25, -0.2) is 0 Å². The molecule has 0 bridgehead atoms. The van der Waals surface area contributed by atoms with Crippen LogP contribution < -0.4 is 4.74 Å². The van der Waals surface area contributed by atoms with Crippen LogP contribution in [0.3, 0.4) is 0 Å². The molecule has 1 aliphatic heterocycles. The number of nitrogens with zero attached hydrogens (tertiary/aromatic N) is 1. The third kappa shape index (κ3) is 4.97. The minimum atomic E-state index is -0.113. The molecule has 0 amide bonds. The Morgan fingerprint density at radius 1 is 1.35 bits per heavy atom. The highest BCUT2D eigenvalue weighted by Crippen LogP contribution is 2.21. The van der Waals surface area contributed by atoms with Crippen molar-refractivity contribution in [3.63, 3.8) is 0 Å². The minimum Gasteiger partial charge on any atom is -0.494 e. The van der Waals surface area contributed by atoms with Crippen LogP contribution in [0.25, 0.3) is 0 Å². The first-order valence-corrected chi connectivity index (χ1v) is 7.76. The van der Waals surface area contributed by atoms with E-state index < -0.39 is 0 Å². The molecular formula is C16H24ClNO2. The van der Waals surface area contributed by atoms with Gasteiger partial charge in [0.25, 0.3) is 0 Å². The number of hydrogen-bond donors (Lipinski definition) is 0. The molecule has 0 spiro atoms. The van der Waals surface area contributed by atoms with Crippen molar-refractivity contribution >= 4 is 11.6 Å². The largest absolute Gasteiger partial charge is 0.494 e. The van der Waals surface area contributed by atoms with Gasteiger partial charge in [-0.3, -0.25) is 4.90 Å². The molecule has 0 aliphatic carbocycles. The molecule has 1 fully saturated rings. The molecular weight excluding hydrogens is 274 g/mol. The van der Waals surface area contributed by atoms with Crippen molar-refractivity contribution in [2.24, 2.45) is 0 Å². The highest BCUT2D eigenvalue weighted by atomic mass is 35.5. The number of hydrogen-bond acceptors (Lipinski definition) is 3. The van der Waals surface area contributed by atoms with Crippen LogP contribution in [-0.4, -0.2) is 48.7 Å². The smallest absolute Gasteiger partial charge is 0.119 e. The van der Waals surface area contributed by atoms with Crippen LogP contribution in [-0.2, 0) is 4.74 Å². The summed E-state index contributed by atoms with van der Waals surface area (Å²) in [5.41, 5.74) is -0.113. The number of para-hydroxylation sites is 1. The molecule has 0 saturated carbocycles. The highest BCUT2D eigenvalue weighted by Gasteiger charge is 2.32. The van der Waals surface area contributed by atoms with Gasteiger partial charge in [0.1, 0.15) is 5.75 Å². The van der Waals surface area contributed by atoms with Crippen molar-refractivity contribution < 1.29 is 9.47 Å². The highest BCUT2D eigenvalue weighted by molar-refractivity contribution is 6.18. The van der Waals surface area contributed by atoms with Crippen LogP contribution in [0.2, 0.25) is 0 Å². The summed E-state index contributed by atoms with van der Waals surface area (Å²) in [5, 5.41) is 0. The Kier molecular flexibility index (Phi) is 5.70. The average molecular weight is 298 g/mol. The maximum atomic E-state index is 5.94. The number of ether oxygens (including phenoxy) is 2. The van der Waals surface area contributed by atoms with Crippen molar-refractivity contribution in [2.75, 3.05) is 32.1 Å². The van der Waals surface area contributed by atoms with E-state index in [1.165, 1.54) is 0 Å². The van der Waals surface area contributed by atoms with Crippen molar-refractivity contribution in [3.05, 3.63) is 30.3 Å². The lowest BCUT2D eigenvalue weighted by Gasteiger charge is -2.42. The maximum absolute atomic E-state index is 5.94. The Hall–Kier alpha value is -0.770. The molecule has 112 valence electrons. The molecule has 1 atom stereocenters. The number of alkyl halides is 1. The minimum absolute atomic E-state index is 0.113. The Bertz CT molecular complexity index is 397. The maximum Gasteiger partial charge on any atom is 0.119 e. The predicted molar refractivity (Wildman–Crippen MR) is 82.7 cm³/mol. The molecule has 3 nitrogen and oxygen atoms in total. The third-order valence-corrected chi connectivity index (χ3v) is 3.70. The molecule has 20 heavy (non-hydrogen) atoms. The van der Waals surface area contributed by atoms with E-state index in [1.807, 2.05) is 30.3 Å². The zero-order chi connectivity index (χ0) is 14.4. The van der Waals surface area contributed by atoms with Crippen LogP contribution in [0.1, 0.15) is 20.3 Å². The standard InChI is InChI=1S/C16H24ClNO2/c1-16(2)13-18(12-15(11-17)20-16)9-6-10-19-14-7-4-3-5-8-14/h3-5,7-8,15H,6,9-13H2,1-2H3. The van der Waals surface area contributed by atoms with Gasteiger partial charge in [0.2, 0.25) is 0 Å². The van der Waals surface area contributed by atoms with Crippen LogP contribution in [0.4, 0.5) is 0 Å². The Labute approximate surface area is 126 Å². The fourth-order valence-corrected chi connectivity index (χ4v) is 2.82. The zero-order valence-corrected chi connectivity index (χ0v) is 13.1. The van der Waals surface area contributed by atoms with E-state index >= 15 is 0 Å². The van der Waals surface area contributed by atoms with E-state index in [4.69, 9.17) is 21.1 Å². The summed E-state index contributed by atoms with van der Waals surface area (Å²) >= 11 is 5.94. The van der Waals surface area contributed by atoms with E-state index in [2.05, 4.69) is 18.7 Å². The van der Waals surface area contributed by atoms with E-state index in [0.29, 0.717) is 5.88 Å². The second-order valence-corrected chi connectivity index (χ2v) is 6.21. The quantitative estimate of drug-likeness (QED) is 0.595. The average Bonchev–Trinajstić information content (AvgIpc) is 2.43. The predicted octanol–water partition coefficient (Wildman–Crippen LogP) is 3.17. The Balaban J connectivity index is 1.71. The second-order valence-electron chi connectivity index (χ2n) is 5.90.